The Bertz CT molecular complexity index is 304. The topological polar surface area (TPSA) is 77.9 Å². The van der Waals surface area contributed by atoms with Crippen LogP contribution >= 0.6 is 0 Å². The van der Waals surface area contributed by atoms with Crippen LogP contribution in [-0.4, -0.2) is 24.7 Å². The van der Waals surface area contributed by atoms with E-state index >= 15 is 0 Å². The lowest BCUT2D eigenvalue weighted by Crippen LogP contribution is -2.68. The highest BCUT2D eigenvalue weighted by atomic mass is 19.1. The number of alkyl halides is 1. The normalized spacial score (nSPS) is 41.5. The summed E-state index contributed by atoms with van der Waals surface area (Å²) in [6.45, 7) is 0.700. The molecule has 1 aliphatic carbocycles. The molecule has 3 fully saturated rings. The summed E-state index contributed by atoms with van der Waals surface area (Å²) < 4.78 is 13.5. The Morgan fingerprint density at radius 1 is 1.69 bits per heavy atom. The van der Waals surface area contributed by atoms with Crippen LogP contribution in [0.25, 0.3) is 10.4 Å². The molecule has 0 spiro atoms. The Morgan fingerprint density at radius 2 is 2.38 bits per heavy atom. The standard InChI is InChI=1S/C7H9FN4O/c8-7-1-6(2-7,4-11-12-9)3-10-5(7)13/h1-4H2,(H,10,13). The smallest absolute Gasteiger partial charge is 0.257 e. The molecule has 0 aromatic heterocycles. The molecule has 1 saturated carbocycles. The van der Waals surface area contributed by atoms with Crippen molar-refractivity contribution >= 4 is 5.91 Å². The second-order valence-corrected chi connectivity index (χ2v) is 3.89. The fraction of sp³-hybridized carbons (Fsp3) is 0.857. The Morgan fingerprint density at radius 3 is 2.92 bits per heavy atom. The molecular formula is C7H9FN4O. The van der Waals surface area contributed by atoms with Crippen LogP contribution in [0.1, 0.15) is 12.8 Å². The molecule has 1 amide bonds. The fourth-order valence-electron chi connectivity index (χ4n) is 2.20. The molecular weight excluding hydrogens is 175 g/mol. The molecule has 2 aliphatic heterocycles. The number of halogens is 1. The first-order chi connectivity index (χ1) is 6.10. The number of hydrogen-bond acceptors (Lipinski definition) is 2. The van der Waals surface area contributed by atoms with Crippen molar-refractivity contribution in [3.05, 3.63) is 10.4 Å². The van der Waals surface area contributed by atoms with Gasteiger partial charge in [-0.3, -0.25) is 4.79 Å². The van der Waals surface area contributed by atoms with Gasteiger partial charge < -0.3 is 5.32 Å². The van der Waals surface area contributed by atoms with Gasteiger partial charge in [0.2, 0.25) is 0 Å². The van der Waals surface area contributed by atoms with Gasteiger partial charge in [0.05, 0.1) is 0 Å². The van der Waals surface area contributed by atoms with Crippen LogP contribution in [0.4, 0.5) is 4.39 Å². The number of rotatable bonds is 2. The lowest BCUT2D eigenvalue weighted by Gasteiger charge is -2.54. The number of nitrogens with one attached hydrogen (secondary N) is 1. The lowest BCUT2D eigenvalue weighted by molar-refractivity contribution is -0.162. The van der Waals surface area contributed by atoms with Gasteiger partial charge in [-0.05, 0) is 18.4 Å². The molecule has 2 saturated heterocycles. The molecule has 2 bridgehead atoms. The molecule has 2 heterocycles. The number of carbonyl (C=O) groups excluding carboxylic acids is 1. The summed E-state index contributed by atoms with van der Waals surface area (Å²) in [6.07, 6.45) is 0.399. The Kier molecular flexibility index (Phi) is 1.51. The second-order valence-electron chi connectivity index (χ2n) is 3.89. The zero-order valence-corrected chi connectivity index (χ0v) is 6.96. The largest absolute Gasteiger partial charge is 0.353 e. The number of amides is 1. The minimum atomic E-state index is -1.69. The van der Waals surface area contributed by atoms with Gasteiger partial charge in [0.1, 0.15) is 0 Å². The number of fused-ring (bicyclic) bond motifs is 2. The maximum Gasteiger partial charge on any atom is 0.257 e. The molecule has 0 aromatic carbocycles. The summed E-state index contributed by atoms with van der Waals surface area (Å²) in [7, 11) is 0. The van der Waals surface area contributed by atoms with Gasteiger partial charge in [0, 0.05) is 23.4 Å². The zero-order chi connectivity index (χ0) is 9.53. The SMILES string of the molecule is [N-]=[N+]=NCC12CNC(=O)C(F)(C1)C2. The van der Waals surface area contributed by atoms with Gasteiger partial charge in [-0.1, -0.05) is 5.11 Å². The fourth-order valence-corrected chi connectivity index (χ4v) is 2.20. The average molecular weight is 184 g/mol. The molecule has 0 unspecified atom stereocenters. The van der Waals surface area contributed by atoms with Crippen LogP contribution < -0.4 is 5.32 Å². The average Bonchev–Trinajstić information content (AvgIpc) is 2.05. The zero-order valence-electron chi connectivity index (χ0n) is 6.96. The summed E-state index contributed by atoms with van der Waals surface area (Å²) in [5.41, 5.74) is 6.12. The summed E-state index contributed by atoms with van der Waals surface area (Å²) in [5.74, 6) is -0.518. The third-order valence-electron chi connectivity index (χ3n) is 2.81. The van der Waals surface area contributed by atoms with Gasteiger partial charge in [-0.2, -0.15) is 0 Å². The number of nitrogens with zero attached hydrogens (tertiary/aromatic N) is 3. The Hall–Kier alpha value is -1.29. The van der Waals surface area contributed by atoms with Crippen molar-refractivity contribution in [2.45, 2.75) is 18.5 Å². The lowest BCUT2D eigenvalue weighted by atomic mass is 9.57. The van der Waals surface area contributed by atoms with Crippen LogP contribution in [-0.2, 0) is 4.79 Å². The predicted octanol–water partition coefficient (Wildman–Crippen LogP) is 0.915. The first-order valence-electron chi connectivity index (χ1n) is 4.08. The van der Waals surface area contributed by atoms with E-state index in [4.69, 9.17) is 5.53 Å². The Labute approximate surface area is 73.9 Å². The molecule has 13 heavy (non-hydrogen) atoms. The van der Waals surface area contributed by atoms with Crippen molar-refractivity contribution in [3.8, 4) is 0 Å². The van der Waals surface area contributed by atoms with E-state index in [-0.39, 0.29) is 24.8 Å². The third-order valence-corrected chi connectivity index (χ3v) is 2.81. The summed E-state index contributed by atoms with van der Waals surface area (Å²) in [5, 5.41) is 5.90. The second kappa shape index (κ2) is 2.35. The summed E-state index contributed by atoms with van der Waals surface area (Å²) >= 11 is 0. The minimum absolute atomic E-state index is 0.199. The van der Waals surface area contributed by atoms with E-state index < -0.39 is 11.6 Å². The van der Waals surface area contributed by atoms with E-state index in [1.807, 2.05) is 0 Å². The van der Waals surface area contributed by atoms with Gasteiger partial charge in [0.25, 0.3) is 5.91 Å². The van der Waals surface area contributed by atoms with E-state index in [2.05, 4.69) is 15.3 Å². The number of piperidine rings is 2. The van der Waals surface area contributed by atoms with Gasteiger partial charge in [0.15, 0.2) is 5.67 Å². The maximum atomic E-state index is 13.5. The van der Waals surface area contributed by atoms with Gasteiger partial charge >= 0.3 is 0 Å². The van der Waals surface area contributed by atoms with Crippen molar-refractivity contribution in [1.82, 2.24) is 5.32 Å². The van der Waals surface area contributed by atoms with Crippen LogP contribution in [0.5, 0.6) is 0 Å². The van der Waals surface area contributed by atoms with E-state index in [9.17, 15) is 9.18 Å². The number of carbonyl (C=O) groups is 1. The van der Waals surface area contributed by atoms with E-state index in [1.165, 1.54) is 0 Å². The van der Waals surface area contributed by atoms with Crippen LogP contribution in [0, 0.1) is 5.41 Å². The highest BCUT2D eigenvalue weighted by Crippen LogP contribution is 2.53. The third kappa shape index (κ3) is 1.06. The van der Waals surface area contributed by atoms with E-state index in [0.29, 0.717) is 6.54 Å². The highest BCUT2D eigenvalue weighted by Gasteiger charge is 2.62. The molecule has 0 radical (unpaired) electrons. The molecule has 0 atom stereocenters. The first kappa shape index (κ1) is 8.31. The number of azide groups is 1. The predicted molar refractivity (Wildman–Crippen MR) is 42.5 cm³/mol. The highest BCUT2D eigenvalue weighted by molar-refractivity contribution is 5.88. The van der Waals surface area contributed by atoms with Crippen LogP contribution in [0.2, 0.25) is 0 Å². The van der Waals surface area contributed by atoms with Crippen molar-refractivity contribution < 1.29 is 9.18 Å². The molecule has 5 nitrogen and oxygen atoms in total. The van der Waals surface area contributed by atoms with Crippen molar-refractivity contribution in [1.29, 1.82) is 0 Å². The summed E-state index contributed by atoms with van der Waals surface area (Å²) in [4.78, 5) is 13.6. The molecule has 70 valence electrons. The minimum Gasteiger partial charge on any atom is -0.353 e. The quantitative estimate of drug-likeness (QED) is 0.386. The molecule has 0 aromatic rings. The van der Waals surface area contributed by atoms with Crippen molar-refractivity contribution in [2.24, 2.45) is 10.5 Å². The molecule has 1 N–H and O–H groups in total. The monoisotopic (exact) mass is 184 g/mol. The first-order valence-corrected chi connectivity index (χ1v) is 4.08. The number of hydrogen-bond donors (Lipinski definition) is 1. The van der Waals surface area contributed by atoms with Crippen LogP contribution in [0.15, 0.2) is 5.11 Å². The van der Waals surface area contributed by atoms with E-state index in [1.54, 1.807) is 0 Å². The van der Waals surface area contributed by atoms with Crippen LogP contribution in [0.3, 0.4) is 0 Å². The van der Waals surface area contributed by atoms with Gasteiger partial charge in [-0.15, -0.1) is 0 Å². The molecule has 6 heteroatoms. The molecule has 3 aliphatic rings. The summed E-state index contributed by atoms with van der Waals surface area (Å²) in [6, 6.07) is 0. The van der Waals surface area contributed by atoms with Crippen molar-refractivity contribution in [2.75, 3.05) is 13.1 Å². The van der Waals surface area contributed by atoms with Crippen molar-refractivity contribution in [3.63, 3.8) is 0 Å². The Balaban J connectivity index is 2.09. The molecule has 3 rings (SSSR count). The maximum absolute atomic E-state index is 13.5. The van der Waals surface area contributed by atoms with Gasteiger partial charge in [-0.25, -0.2) is 4.39 Å². The van der Waals surface area contributed by atoms with E-state index in [0.717, 1.165) is 0 Å².